The van der Waals surface area contributed by atoms with Gasteiger partial charge in [0.05, 0.1) is 87.6 Å². The van der Waals surface area contributed by atoms with Crippen molar-refractivity contribution in [2.75, 3.05) is 82.1 Å². The molecule has 0 fully saturated rings. The number of carboxylic acids is 1. The van der Waals surface area contributed by atoms with Crippen LogP contribution in [-0.2, 0) is 77.9 Å². The van der Waals surface area contributed by atoms with Crippen molar-refractivity contribution in [1.82, 2.24) is 16.0 Å². The minimum atomic E-state index is -1.50. The molecule has 0 aliphatic carbocycles. The molecule has 0 radical (unpaired) electrons. The number of hydrogen-bond acceptors (Lipinski definition) is 24. The van der Waals surface area contributed by atoms with Crippen molar-refractivity contribution in [2.24, 2.45) is 5.73 Å². The number of carboxylic acid groups (broad SMARTS) is 1. The number of methoxy groups -OCH3 is 6. The van der Waals surface area contributed by atoms with E-state index in [1.165, 1.54) is 6.07 Å². The van der Waals surface area contributed by atoms with E-state index in [0.29, 0.717) is 47.6 Å². The lowest BCUT2D eigenvalue weighted by atomic mass is 10.1. The summed E-state index contributed by atoms with van der Waals surface area (Å²) in [6.07, 6.45) is 0.224. The van der Waals surface area contributed by atoms with E-state index < -0.39 is 46.5 Å². The number of amides is 3. The smallest absolute Gasteiger partial charge is 0.391 e. The zero-order chi connectivity index (χ0) is 86.6. The quantitative estimate of drug-likeness (QED) is 0.0103. The van der Waals surface area contributed by atoms with Gasteiger partial charge in [-0.1, -0.05) is 108 Å². The average Bonchev–Trinajstić information content (AvgIpc) is 0.819. The Morgan fingerprint density at radius 3 is 0.807 bits per heavy atom. The summed E-state index contributed by atoms with van der Waals surface area (Å²) in [6.45, 7) is 5.77. The van der Waals surface area contributed by atoms with Crippen molar-refractivity contribution in [3.05, 3.63) is 247 Å². The first-order valence-corrected chi connectivity index (χ1v) is 38.3. The summed E-state index contributed by atoms with van der Waals surface area (Å²) in [5, 5.41) is 16.0. The molecule has 28 nitrogen and oxygen atoms in total. The largest absolute Gasteiger partial charge is 0.497 e. The van der Waals surface area contributed by atoms with Crippen molar-refractivity contribution in [3.63, 3.8) is 0 Å². The lowest BCUT2D eigenvalue weighted by Gasteiger charge is -2.17. The van der Waals surface area contributed by atoms with Gasteiger partial charge in [-0.05, 0) is 181 Å². The molecular weight excluding hydrogens is 1630 g/mol. The van der Waals surface area contributed by atoms with Gasteiger partial charge in [0, 0.05) is 39.0 Å². The van der Waals surface area contributed by atoms with E-state index in [9.17, 15) is 43.2 Å². The summed E-state index contributed by atoms with van der Waals surface area (Å²) in [5.41, 5.74) is 11.4. The molecule has 0 saturated heterocycles. The third-order valence-corrected chi connectivity index (χ3v) is 17.8. The molecule has 0 aliphatic heterocycles. The maximum atomic E-state index is 12.9. The van der Waals surface area contributed by atoms with Crippen LogP contribution in [-0.4, -0.2) is 140 Å². The Labute approximate surface area is 708 Å². The molecule has 3 amide bonds. The minimum Gasteiger partial charge on any atom is -0.497 e. The van der Waals surface area contributed by atoms with Gasteiger partial charge < -0.3 is 93.1 Å². The van der Waals surface area contributed by atoms with Crippen molar-refractivity contribution in [2.45, 2.75) is 79.2 Å². The third kappa shape index (κ3) is 31.8. The van der Waals surface area contributed by atoms with E-state index in [1.807, 2.05) is 133 Å². The molecule has 9 aromatic carbocycles. The number of rotatable bonds is 42. The van der Waals surface area contributed by atoms with Crippen LogP contribution in [0.1, 0.15) is 104 Å². The van der Waals surface area contributed by atoms with E-state index in [2.05, 4.69) is 25.4 Å². The normalized spacial score (nSPS) is 10.3. The zero-order valence-electron chi connectivity index (χ0n) is 66.6. The van der Waals surface area contributed by atoms with E-state index in [0.717, 1.165) is 56.4 Å². The fourth-order valence-electron chi connectivity index (χ4n) is 10.1. The highest BCUT2D eigenvalue weighted by atomic mass is 35.5. The second-order valence-electron chi connectivity index (χ2n) is 24.7. The van der Waals surface area contributed by atoms with Gasteiger partial charge >= 0.3 is 23.2 Å². The molecule has 6 N–H and O–H groups in total. The van der Waals surface area contributed by atoms with E-state index >= 15 is 0 Å². The molecule has 0 heterocycles. The van der Waals surface area contributed by atoms with Crippen LogP contribution in [0.4, 0.5) is 0 Å². The maximum absolute atomic E-state index is 12.9. The zero-order valence-corrected chi connectivity index (χ0v) is 69.6. The van der Waals surface area contributed by atoms with Gasteiger partial charge in [-0.15, -0.1) is 0 Å². The topological polar surface area (TPSA) is 365 Å². The number of nitrogens with one attached hydrogen (secondary N) is 3. The Kier molecular flexibility index (Phi) is 41.3. The Hall–Kier alpha value is -12.5. The first-order valence-electron chi connectivity index (χ1n) is 36.8. The summed E-state index contributed by atoms with van der Waals surface area (Å²) in [5.74, 6) is 0.0585. The van der Waals surface area contributed by atoms with Crippen molar-refractivity contribution >= 4 is 98.8 Å². The lowest BCUT2D eigenvalue weighted by molar-refractivity contribution is -0.153. The Bertz CT molecular complexity index is 4790. The molecule has 9 rings (SSSR count). The number of nitrogens with two attached hydrogens (primary N) is 1. The standard InChI is InChI=1S/C30H32ClNO8.C28H28ClNO8.C25H27ClN2O5.C4H5ClO3/c1-4-38-30(35)25(33)6-5-17-32-29(34)24-15-16-26(39-18-20-7-11-22(36-2)12-8-20)28(27(24)31)40-19-21-9-13-23(37-3)14-10-21;1-35-20-9-5-18(6-10-20)16-37-24-14-13-22(27(32)30-15-3-4-23(31)28(33)34)25(29)26(24)38-17-19-7-11-21(36-2)12-8-19;1-30-19-7-3-17(4-8-19)15-32-22-12-11-21(25(29)28-14-13-27)23(26)24(22)33-16-18-5-9-20(31-2)10-6-18;1-2-8-4(7)3(5)6/h7-16H,4-6,17-19H2,1-3H3,(H,32,34);5-14H,3-4,15-17H2,1-2H3,(H,30,32)(H,33,34);3-12H,13-16,27H2,1-2H3,(H,28,29);2H2,1H3. The average molecular weight is 1720 g/mol. The van der Waals surface area contributed by atoms with Gasteiger partial charge in [0.15, 0.2) is 34.5 Å². The molecule has 0 unspecified atom stereocenters. The SMILES string of the molecule is CCOC(=O)C(=O)CCCNC(=O)c1ccc(OCc2ccc(OC)cc2)c(OCc2ccc(OC)cc2)c1Cl.CCOC(=O)C(=O)Cl.COc1ccc(COc2ccc(C(=O)NCCCC(=O)C(=O)O)c(Cl)c2OCc2ccc(OC)cc2)cc1.COc1ccc(COc2ccc(C(=O)NCCN)c(Cl)c2OCc2ccc(OC)cc2)cc1. The maximum Gasteiger partial charge on any atom is 0.391 e. The van der Waals surface area contributed by atoms with Crippen LogP contribution in [0.3, 0.4) is 0 Å². The highest BCUT2D eigenvalue weighted by Crippen LogP contribution is 2.42. The van der Waals surface area contributed by atoms with Crippen molar-refractivity contribution in [3.8, 4) is 69.0 Å². The molecule has 0 aromatic heterocycles. The molecule has 0 saturated carbocycles. The van der Waals surface area contributed by atoms with Crippen LogP contribution in [0, 0.1) is 0 Å². The molecular formula is C87H92Cl4N4O24. The second kappa shape index (κ2) is 51.6. The van der Waals surface area contributed by atoms with Crippen LogP contribution >= 0.6 is 46.4 Å². The third-order valence-electron chi connectivity index (χ3n) is 16.5. The predicted molar refractivity (Wildman–Crippen MR) is 445 cm³/mol. The number of ketones is 2. The fourth-order valence-corrected chi connectivity index (χ4v) is 11.1. The highest BCUT2D eigenvalue weighted by Gasteiger charge is 2.25. The van der Waals surface area contributed by atoms with Gasteiger partial charge in [0.25, 0.3) is 17.7 Å². The number of hydrogen-bond donors (Lipinski definition) is 5. The van der Waals surface area contributed by atoms with Gasteiger partial charge in [-0.2, -0.15) is 0 Å². The lowest BCUT2D eigenvalue weighted by Crippen LogP contribution is -2.29. The molecule has 9 aromatic rings. The van der Waals surface area contributed by atoms with Gasteiger partial charge in [0.1, 0.15) is 74.1 Å². The van der Waals surface area contributed by atoms with Crippen LogP contribution in [0.5, 0.6) is 69.0 Å². The van der Waals surface area contributed by atoms with Gasteiger partial charge in [-0.3, -0.25) is 28.8 Å². The Morgan fingerprint density at radius 2 is 0.580 bits per heavy atom. The fraction of sp³-hybridized carbons (Fsp3) is 0.276. The van der Waals surface area contributed by atoms with Crippen LogP contribution in [0.15, 0.2) is 182 Å². The van der Waals surface area contributed by atoms with Gasteiger partial charge in [-0.25, -0.2) is 14.4 Å². The molecule has 0 atom stereocenters. The Balaban J connectivity index is 0.000000265. The first-order chi connectivity index (χ1) is 57.4. The van der Waals surface area contributed by atoms with Crippen LogP contribution in [0.25, 0.3) is 0 Å². The summed E-state index contributed by atoms with van der Waals surface area (Å²) < 4.78 is 76.1. The predicted octanol–water partition coefficient (Wildman–Crippen LogP) is 14.4. The number of esters is 2. The second-order valence-corrected chi connectivity index (χ2v) is 26.2. The van der Waals surface area contributed by atoms with E-state index in [1.54, 1.807) is 99.0 Å². The summed E-state index contributed by atoms with van der Waals surface area (Å²) >= 11 is 24.6. The van der Waals surface area contributed by atoms with Crippen LogP contribution < -0.4 is 78.5 Å². The highest BCUT2D eigenvalue weighted by molar-refractivity contribution is 6.80. The number of ether oxygens (including phenoxy) is 14. The summed E-state index contributed by atoms with van der Waals surface area (Å²) in [6, 6.07) is 54.1. The summed E-state index contributed by atoms with van der Waals surface area (Å²) in [4.78, 5) is 103. The molecule has 0 bridgehead atoms. The van der Waals surface area contributed by atoms with Gasteiger partial charge in [0.2, 0.25) is 11.6 Å². The van der Waals surface area contributed by atoms with Crippen molar-refractivity contribution in [1.29, 1.82) is 0 Å². The molecule has 0 spiro atoms. The van der Waals surface area contributed by atoms with Crippen LogP contribution in [0.2, 0.25) is 15.1 Å². The number of aliphatic carboxylic acids is 1. The first kappa shape index (κ1) is 95.4. The number of halogens is 4. The monoisotopic (exact) mass is 1720 g/mol. The number of carbonyl (C=O) groups is 9. The molecule has 632 valence electrons. The number of Topliss-reactive ketones (excluding diaryl/α,β-unsaturated/α-hetero) is 2. The number of benzene rings is 9. The number of carbonyl (C=O) groups excluding carboxylic acids is 8. The van der Waals surface area contributed by atoms with Crippen molar-refractivity contribution < 1.29 is 115 Å². The van der Waals surface area contributed by atoms with E-state index in [4.69, 9.17) is 114 Å². The molecule has 32 heteroatoms. The minimum absolute atomic E-state index is 0.0405. The summed E-state index contributed by atoms with van der Waals surface area (Å²) in [7, 11) is 9.59. The molecule has 119 heavy (non-hydrogen) atoms. The van der Waals surface area contributed by atoms with E-state index in [-0.39, 0.29) is 141 Å². The molecule has 0 aliphatic rings. The Morgan fingerprint density at radius 1 is 0.336 bits per heavy atom.